The summed E-state index contributed by atoms with van der Waals surface area (Å²) < 4.78 is 11.3. The molecule has 0 bridgehead atoms. The third-order valence-electron chi connectivity index (χ3n) is 2.92. The second kappa shape index (κ2) is 6.03. The highest BCUT2D eigenvalue weighted by atomic mass is 16.5. The van der Waals surface area contributed by atoms with Gasteiger partial charge in [-0.15, -0.1) is 0 Å². The molecule has 1 aromatic rings. The lowest BCUT2D eigenvalue weighted by Crippen LogP contribution is -2.21. The molecule has 1 aliphatic carbocycles. The Morgan fingerprint density at radius 2 is 2.24 bits per heavy atom. The fourth-order valence-corrected chi connectivity index (χ4v) is 1.76. The average molecular weight is 235 g/mol. The first-order valence-corrected chi connectivity index (χ1v) is 6.35. The van der Waals surface area contributed by atoms with Crippen LogP contribution in [0.5, 0.6) is 5.75 Å². The minimum Gasteiger partial charge on any atom is -0.490 e. The maximum Gasteiger partial charge on any atom is 0.120 e. The Bertz CT molecular complexity index is 350. The summed E-state index contributed by atoms with van der Waals surface area (Å²) in [7, 11) is 1.96. The fraction of sp³-hybridized carbons (Fsp3) is 0.571. The summed E-state index contributed by atoms with van der Waals surface area (Å²) in [6.45, 7) is 3.45. The molecule has 94 valence electrons. The zero-order valence-electron chi connectivity index (χ0n) is 10.6. The summed E-state index contributed by atoms with van der Waals surface area (Å²) in [6.07, 6.45) is 2.84. The molecule has 3 heteroatoms. The van der Waals surface area contributed by atoms with Crippen molar-refractivity contribution in [2.24, 2.45) is 0 Å². The smallest absolute Gasteiger partial charge is 0.120 e. The molecule has 1 unspecified atom stereocenters. The van der Waals surface area contributed by atoms with Gasteiger partial charge in [-0.1, -0.05) is 12.1 Å². The third kappa shape index (κ3) is 3.72. The minimum atomic E-state index is 0.234. The summed E-state index contributed by atoms with van der Waals surface area (Å²) >= 11 is 0. The number of hydrogen-bond acceptors (Lipinski definition) is 3. The van der Waals surface area contributed by atoms with Crippen LogP contribution in [0.3, 0.4) is 0 Å². The summed E-state index contributed by atoms with van der Waals surface area (Å²) in [4.78, 5) is 0. The van der Waals surface area contributed by atoms with Crippen LogP contribution in [0.15, 0.2) is 24.3 Å². The van der Waals surface area contributed by atoms with Crippen molar-refractivity contribution in [1.82, 2.24) is 5.32 Å². The van der Waals surface area contributed by atoms with Gasteiger partial charge in [-0.2, -0.15) is 0 Å². The molecule has 1 N–H and O–H groups in total. The first kappa shape index (κ1) is 12.4. The summed E-state index contributed by atoms with van der Waals surface area (Å²) in [5.74, 6) is 0.974. The van der Waals surface area contributed by atoms with Crippen molar-refractivity contribution in [1.29, 1.82) is 0 Å². The normalized spacial score (nSPS) is 16.8. The van der Waals surface area contributed by atoms with Gasteiger partial charge in [-0.05, 0) is 44.5 Å². The highest BCUT2D eigenvalue weighted by Crippen LogP contribution is 2.28. The van der Waals surface area contributed by atoms with E-state index in [1.807, 2.05) is 26.1 Å². The molecule has 2 rings (SSSR count). The molecule has 0 radical (unpaired) electrons. The lowest BCUT2D eigenvalue weighted by molar-refractivity contribution is 0.125. The van der Waals surface area contributed by atoms with Gasteiger partial charge in [0.25, 0.3) is 0 Å². The molecule has 0 aromatic heterocycles. The molecule has 0 saturated heterocycles. The molecular formula is C14H21NO2. The van der Waals surface area contributed by atoms with E-state index in [0.29, 0.717) is 12.7 Å². The van der Waals surface area contributed by atoms with Crippen LogP contribution in [0.2, 0.25) is 0 Å². The lowest BCUT2D eigenvalue weighted by Gasteiger charge is -2.17. The van der Waals surface area contributed by atoms with Crippen molar-refractivity contribution in [3.8, 4) is 5.75 Å². The number of likely N-dealkylation sites (N-methyl/N-ethyl adjacent to an activating group) is 1. The van der Waals surface area contributed by atoms with Crippen molar-refractivity contribution >= 4 is 0 Å². The monoisotopic (exact) mass is 235 g/mol. The predicted octanol–water partition coefficient (Wildman–Crippen LogP) is 2.52. The van der Waals surface area contributed by atoms with Crippen molar-refractivity contribution in [3.63, 3.8) is 0 Å². The Morgan fingerprint density at radius 3 is 2.88 bits per heavy atom. The van der Waals surface area contributed by atoms with Gasteiger partial charge in [0.2, 0.25) is 0 Å². The zero-order chi connectivity index (χ0) is 12.1. The SMILES string of the molecule is CCOCC(NC)c1cccc(OC2CC2)c1. The first-order chi connectivity index (χ1) is 8.33. The average Bonchev–Trinajstić information content (AvgIpc) is 3.15. The van der Waals surface area contributed by atoms with Crippen LogP contribution in [-0.2, 0) is 4.74 Å². The van der Waals surface area contributed by atoms with Crippen LogP contribution in [-0.4, -0.2) is 26.4 Å². The summed E-state index contributed by atoms with van der Waals surface area (Å²) in [5.41, 5.74) is 1.22. The van der Waals surface area contributed by atoms with Crippen molar-refractivity contribution in [3.05, 3.63) is 29.8 Å². The van der Waals surface area contributed by atoms with E-state index in [9.17, 15) is 0 Å². The molecule has 0 amide bonds. The first-order valence-electron chi connectivity index (χ1n) is 6.35. The Labute approximate surface area is 103 Å². The molecule has 1 aromatic carbocycles. The summed E-state index contributed by atoms with van der Waals surface area (Å²) in [5, 5.41) is 3.27. The second-order valence-corrected chi connectivity index (χ2v) is 4.39. The van der Waals surface area contributed by atoms with Crippen molar-refractivity contribution in [2.45, 2.75) is 31.9 Å². The number of nitrogens with one attached hydrogen (secondary N) is 1. The summed E-state index contributed by atoms with van der Waals surface area (Å²) in [6, 6.07) is 8.52. The van der Waals surface area contributed by atoms with Gasteiger partial charge in [0.1, 0.15) is 5.75 Å². The molecule has 1 aliphatic rings. The van der Waals surface area contributed by atoms with Crippen molar-refractivity contribution in [2.75, 3.05) is 20.3 Å². The molecule has 1 atom stereocenters. The predicted molar refractivity (Wildman–Crippen MR) is 68.4 cm³/mol. The molecule has 1 saturated carbocycles. The third-order valence-corrected chi connectivity index (χ3v) is 2.92. The van der Waals surface area contributed by atoms with Crippen LogP contribution in [0.4, 0.5) is 0 Å². The molecular weight excluding hydrogens is 214 g/mol. The van der Waals surface area contributed by atoms with Crippen LogP contribution < -0.4 is 10.1 Å². The van der Waals surface area contributed by atoms with Crippen LogP contribution >= 0.6 is 0 Å². The Morgan fingerprint density at radius 1 is 1.41 bits per heavy atom. The van der Waals surface area contributed by atoms with Crippen LogP contribution in [0.1, 0.15) is 31.4 Å². The number of rotatable bonds is 7. The van der Waals surface area contributed by atoms with Crippen LogP contribution in [0, 0.1) is 0 Å². The van der Waals surface area contributed by atoms with Gasteiger partial charge in [0.15, 0.2) is 0 Å². The highest BCUT2D eigenvalue weighted by Gasteiger charge is 2.23. The second-order valence-electron chi connectivity index (χ2n) is 4.39. The van der Waals surface area contributed by atoms with E-state index in [1.54, 1.807) is 0 Å². The Kier molecular flexibility index (Phi) is 4.40. The molecule has 3 nitrogen and oxygen atoms in total. The van der Waals surface area contributed by atoms with E-state index in [4.69, 9.17) is 9.47 Å². The maximum atomic E-state index is 5.80. The minimum absolute atomic E-state index is 0.234. The van der Waals surface area contributed by atoms with E-state index in [1.165, 1.54) is 18.4 Å². The van der Waals surface area contributed by atoms with E-state index in [0.717, 1.165) is 12.4 Å². The number of benzene rings is 1. The topological polar surface area (TPSA) is 30.5 Å². The molecule has 17 heavy (non-hydrogen) atoms. The maximum absolute atomic E-state index is 5.80. The molecule has 0 heterocycles. The number of hydrogen-bond donors (Lipinski definition) is 1. The van der Waals surface area contributed by atoms with Gasteiger partial charge < -0.3 is 14.8 Å². The standard InChI is InChI=1S/C14H21NO2/c1-3-16-10-14(15-2)11-5-4-6-13(9-11)17-12-7-8-12/h4-6,9,12,14-15H,3,7-8,10H2,1-2H3. The molecule has 0 spiro atoms. The van der Waals surface area contributed by atoms with Crippen molar-refractivity contribution < 1.29 is 9.47 Å². The van der Waals surface area contributed by atoms with E-state index in [-0.39, 0.29) is 6.04 Å². The zero-order valence-corrected chi connectivity index (χ0v) is 10.6. The van der Waals surface area contributed by atoms with E-state index >= 15 is 0 Å². The van der Waals surface area contributed by atoms with Crippen LogP contribution in [0.25, 0.3) is 0 Å². The lowest BCUT2D eigenvalue weighted by atomic mass is 10.1. The number of ether oxygens (including phenoxy) is 2. The Balaban J connectivity index is 2.01. The van der Waals surface area contributed by atoms with Gasteiger partial charge in [0, 0.05) is 6.61 Å². The molecule has 1 fully saturated rings. The Hall–Kier alpha value is -1.06. The highest BCUT2D eigenvalue weighted by molar-refractivity contribution is 5.31. The molecule has 0 aliphatic heterocycles. The quantitative estimate of drug-likeness (QED) is 0.787. The van der Waals surface area contributed by atoms with E-state index in [2.05, 4.69) is 17.4 Å². The largest absolute Gasteiger partial charge is 0.490 e. The van der Waals surface area contributed by atoms with E-state index < -0.39 is 0 Å². The van der Waals surface area contributed by atoms with Gasteiger partial charge in [-0.25, -0.2) is 0 Å². The van der Waals surface area contributed by atoms with Gasteiger partial charge >= 0.3 is 0 Å². The van der Waals surface area contributed by atoms with Gasteiger partial charge in [0.05, 0.1) is 18.8 Å². The van der Waals surface area contributed by atoms with Gasteiger partial charge in [-0.3, -0.25) is 0 Å². The fourth-order valence-electron chi connectivity index (χ4n) is 1.76.